The lowest BCUT2D eigenvalue weighted by molar-refractivity contribution is 0.0592. The summed E-state index contributed by atoms with van der Waals surface area (Å²) in [7, 11) is -9.88. The largest absolute Gasteiger partial charge is 0.465 e. The van der Waals surface area contributed by atoms with Crippen LogP contribution in [0.3, 0.4) is 0 Å². The predicted molar refractivity (Wildman–Crippen MR) is 190 cm³/mol. The molecule has 0 heterocycles. The second-order valence-corrected chi connectivity index (χ2v) is 15.8. The fourth-order valence-corrected chi connectivity index (χ4v) is 8.45. The summed E-state index contributed by atoms with van der Waals surface area (Å²) in [6.45, 7) is 0. The molecule has 0 saturated carbocycles. The van der Waals surface area contributed by atoms with Crippen LogP contribution in [0.4, 0.5) is 17.1 Å². The summed E-state index contributed by atoms with van der Waals surface area (Å²) in [5, 5.41) is -0.101. The second kappa shape index (κ2) is 14.7. The van der Waals surface area contributed by atoms with Crippen LogP contribution in [0.25, 0.3) is 10.8 Å². The van der Waals surface area contributed by atoms with Crippen LogP contribution in [0.2, 0.25) is 0 Å². The van der Waals surface area contributed by atoms with Gasteiger partial charge in [-0.2, -0.15) is 0 Å². The summed E-state index contributed by atoms with van der Waals surface area (Å²) in [6.07, 6.45) is 0. The van der Waals surface area contributed by atoms with E-state index in [4.69, 9.17) is 0 Å². The Hall–Kier alpha value is -5.98. The van der Waals surface area contributed by atoms with Gasteiger partial charge in [-0.25, -0.2) is 39.6 Å². The Morgan fingerprint density at radius 1 is 0.442 bits per heavy atom. The molecule has 5 aromatic rings. The number of ether oxygens (including phenoxy) is 3. The molecule has 0 saturated heterocycles. The lowest BCUT2D eigenvalue weighted by Crippen LogP contribution is -2.17. The van der Waals surface area contributed by atoms with Gasteiger partial charge in [-0.3, -0.25) is 14.2 Å². The zero-order valence-corrected chi connectivity index (χ0v) is 29.9. The van der Waals surface area contributed by atoms with Crippen molar-refractivity contribution in [1.29, 1.82) is 0 Å². The molecule has 0 aromatic heterocycles. The third-order valence-electron chi connectivity index (χ3n) is 7.44. The molecule has 0 aliphatic carbocycles. The first-order chi connectivity index (χ1) is 24.6. The first-order valence-electron chi connectivity index (χ1n) is 14.8. The molecule has 0 aliphatic rings. The molecule has 0 amide bonds. The Morgan fingerprint density at radius 3 is 1.17 bits per heavy atom. The van der Waals surface area contributed by atoms with Crippen molar-refractivity contribution in [1.82, 2.24) is 0 Å². The van der Waals surface area contributed by atoms with Gasteiger partial charge < -0.3 is 14.2 Å². The van der Waals surface area contributed by atoms with Crippen molar-refractivity contribution in [2.45, 2.75) is 14.7 Å². The average molecular weight is 768 g/mol. The third kappa shape index (κ3) is 8.14. The smallest absolute Gasteiger partial charge is 0.337 e. The molecule has 18 heteroatoms. The minimum atomic E-state index is -4.58. The van der Waals surface area contributed by atoms with Gasteiger partial charge in [0.25, 0.3) is 30.1 Å². The van der Waals surface area contributed by atoms with Crippen LogP contribution < -0.4 is 14.2 Å². The van der Waals surface area contributed by atoms with E-state index >= 15 is 0 Å². The highest BCUT2D eigenvalue weighted by Gasteiger charge is 2.26. The van der Waals surface area contributed by atoms with Crippen molar-refractivity contribution in [3.05, 3.63) is 120 Å². The quantitative estimate of drug-likeness (QED) is 0.117. The number of nitrogens with one attached hydrogen (secondary N) is 3. The normalized spacial score (nSPS) is 11.7. The molecule has 270 valence electrons. The van der Waals surface area contributed by atoms with Gasteiger partial charge in [0.2, 0.25) is 0 Å². The first-order valence-corrected chi connectivity index (χ1v) is 19.2. The van der Waals surface area contributed by atoms with Crippen molar-refractivity contribution in [3.8, 4) is 0 Å². The SMILES string of the molecule is COC(=O)c1ccc(NS(=O)(=O)c2ccc3c(S(=O)(=O)Nc4ccc(C(=O)OC)cc4)cc(S(=O)(=O)Nc4ccc(C(=O)OC)cc4)cc3c2)cc1. The third-order valence-corrected chi connectivity index (χ3v) is 11.6. The number of carbonyl (C=O) groups is 3. The molecular weight excluding hydrogens is 739 g/mol. The van der Waals surface area contributed by atoms with Crippen LogP contribution in [-0.4, -0.2) is 64.5 Å². The number of anilines is 3. The summed E-state index contributed by atoms with van der Waals surface area (Å²) in [6, 6.07) is 21.4. The highest BCUT2D eigenvalue weighted by Crippen LogP contribution is 2.32. The summed E-state index contributed by atoms with van der Waals surface area (Å²) in [4.78, 5) is 34.0. The van der Waals surface area contributed by atoms with Crippen LogP contribution in [0, 0.1) is 0 Å². The second-order valence-electron chi connectivity index (χ2n) is 10.8. The fourth-order valence-electron chi connectivity index (χ4n) is 4.85. The Bertz CT molecular complexity index is 2520. The Kier molecular flexibility index (Phi) is 10.5. The summed E-state index contributed by atoms with van der Waals surface area (Å²) >= 11 is 0. The maximum absolute atomic E-state index is 13.9. The molecule has 0 spiro atoms. The lowest BCUT2D eigenvalue weighted by Gasteiger charge is -2.15. The number of rotatable bonds is 12. The molecule has 0 aliphatic heterocycles. The maximum Gasteiger partial charge on any atom is 0.337 e. The van der Waals surface area contributed by atoms with Crippen LogP contribution >= 0.6 is 0 Å². The number of fused-ring (bicyclic) bond motifs is 1. The van der Waals surface area contributed by atoms with Crippen LogP contribution in [0.15, 0.2) is 118 Å². The van der Waals surface area contributed by atoms with E-state index in [-0.39, 0.29) is 49.4 Å². The summed E-state index contributed by atoms with van der Waals surface area (Å²) in [5.41, 5.74) is 0.629. The minimum Gasteiger partial charge on any atom is -0.465 e. The van der Waals surface area contributed by atoms with E-state index in [0.29, 0.717) is 0 Å². The van der Waals surface area contributed by atoms with Crippen molar-refractivity contribution in [2.24, 2.45) is 0 Å². The van der Waals surface area contributed by atoms with Gasteiger partial charge >= 0.3 is 17.9 Å². The highest BCUT2D eigenvalue weighted by molar-refractivity contribution is 7.94. The van der Waals surface area contributed by atoms with Gasteiger partial charge in [0, 0.05) is 22.4 Å². The van der Waals surface area contributed by atoms with E-state index in [0.717, 1.165) is 24.3 Å². The number of methoxy groups -OCH3 is 3. The van der Waals surface area contributed by atoms with Crippen LogP contribution in [-0.2, 0) is 44.3 Å². The molecule has 0 fully saturated rings. The molecule has 3 N–H and O–H groups in total. The van der Waals surface area contributed by atoms with Gasteiger partial charge in [-0.05, 0) is 102 Å². The van der Waals surface area contributed by atoms with Crippen molar-refractivity contribution in [2.75, 3.05) is 35.5 Å². The molecule has 0 bridgehead atoms. The van der Waals surface area contributed by atoms with Gasteiger partial charge in [-0.1, -0.05) is 6.07 Å². The fraction of sp³-hybridized carbons (Fsp3) is 0.0882. The molecule has 0 atom stereocenters. The number of carbonyl (C=O) groups excluding carboxylic acids is 3. The van der Waals surface area contributed by atoms with Crippen LogP contribution in [0.1, 0.15) is 31.1 Å². The average Bonchev–Trinajstić information content (AvgIpc) is 3.13. The Morgan fingerprint density at radius 2 is 0.788 bits per heavy atom. The molecule has 0 unspecified atom stereocenters. The lowest BCUT2D eigenvalue weighted by atomic mass is 10.1. The Balaban J connectivity index is 1.58. The maximum atomic E-state index is 13.9. The Labute approximate surface area is 298 Å². The van der Waals surface area contributed by atoms with E-state index < -0.39 is 57.8 Å². The zero-order chi connectivity index (χ0) is 37.8. The van der Waals surface area contributed by atoms with Gasteiger partial charge in [0.1, 0.15) is 0 Å². The van der Waals surface area contributed by atoms with E-state index in [1.807, 2.05) is 0 Å². The van der Waals surface area contributed by atoms with Crippen LogP contribution in [0.5, 0.6) is 0 Å². The molecule has 5 aromatic carbocycles. The van der Waals surface area contributed by atoms with Crippen molar-refractivity contribution < 1.29 is 53.8 Å². The first kappa shape index (κ1) is 37.3. The van der Waals surface area contributed by atoms with Crippen molar-refractivity contribution in [3.63, 3.8) is 0 Å². The van der Waals surface area contributed by atoms with E-state index in [1.54, 1.807) is 0 Å². The van der Waals surface area contributed by atoms with Crippen molar-refractivity contribution >= 4 is 75.8 Å². The molecule has 15 nitrogen and oxygen atoms in total. The predicted octanol–water partition coefficient (Wildman–Crippen LogP) is 4.60. The monoisotopic (exact) mass is 767 g/mol. The number of hydrogen-bond donors (Lipinski definition) is 3. The zero-order valence-electron chi connectivity index (χ0n) is 27.4. The topological polar surface area (TPSA) is 217 Å². The standard InChI is InChI=1S/C34H29N3O12S3/c1-47-32(38)21-4-10-25(11-5-21)35-50(41,42)28-16-17-30-24(18-28)19-29(51(43,44)36-26-12-6-22(7-13-26)33(39)48-2)20-31(30)52(45,46)37-27-14-8-23(9-15-27)34(40)49-3/h4-20,35-37H,1-3H3. The number of benzene rings is 5. The van der Waals surface area contributed by atoms with Gasteiger partial charge in [-0.15, -0.1) is 0 Å². The molecule has 52 heavy (non-hydrogen) atoms. The summed E-state index contributed by atoms with van der Waals surface area (Å²) in [5.74, 6) is -1.92. The van der Waals surface area contributed by atoms with E-state index in [2.05, 4.69) is 28.4 Å². The summed E-state index contributed by atoms with van der Waals surface area (Å²) < 4.78 is 103. The molecule has 5 rings (SSSR count). The number of esters is 3. The minimum absolute atomic E-state index is 0.0264. The number of sulfonamides is 3. The van der Waals surface area contributed by atoms with E-state index in [9.17, 15) is 39.6 Å². The highest BCUT2D eigenvalue weighted by atomic mass is 32.2. The van der Waals surface area contributed by atoms with Gasteiger partial charge in [0.15, 0.2) is 0 Å². The molecular formula is C34H29N3O12S3. The van der Waals surface area contributed by atoms with E-state index in [1.165, 1.54) is 100 Å². The molecule has 0 radical (unpaired) electrons. The number of hydrogen-bond acceptors (Lipinski definition) is 12. The van der Waals surface area contributed by atoms with Gasteiger partial charge in [0.05, 0.1) is 52.7 Å².